The Bertz CT molecular complexity index is 550. The average Bonchev–Trinajstić information content (AvgIpc) is 2.67. The molecule has 0 bridgehead atoms. The fraction of sp³-hybridized carbons (Fsp3) is 0.650. The van der Waals surface area contributed by atoms with Gasteiger partial charge in [-0.25, -0.2) is 0 Å². The van der Waals surface area contributed by atoms with E-state index in [9.17, 15) is 0 Å². The molecule has 0 aromatic heterocycles. The van der Waals surface area contributed by atoms with Gasteiger partial charge in [-0.1, -0.05) is 30.3 Å². The second-order valence-corrected chi connectivity index (χ2v) is 7.10. The molecule has 0 radical (unpaired) electrons. The second kappa shape index (κ2) is 12.5. The lowest BCUT2D eigenvalue weighted by Crippen LogP contribution is -2.58. The summed E-state index contributed by atoms with van der Waals surface area (Å²) in [6.45, 7) is 7.30. The van der Waals surface area contributed by atoms with Crippen molar-refractivity contribution in [3.8, 4) is 0 Å². The van der Waals surface area contributed by atoms with Crippen molar-refractivity contribution in [2.24, 2.45) is 4.99 Å². The molecule has 0 saturated carbocycles. The minimum atomic E-state index is -0.0182. The van der Waals surface area contributed by atoms with Crippen LogP contribution in [0.2, 0.25) is 0 Å². The number of hydrogen-bond acceptors (Lipinski definition) is 4. The number of nitrogens with zero attached hydrogens (tertiary/aromatic N) is 1. The predicted molar refractivity (Wildman–Crippen MR) is 122 cm³/mol. The van der Waals surface area contributed by atoms with Crippen molar-refractivity contribution in [3.05, 3.63) is 35.9 Å². The lowest BCUT2D eigenvalue weighted by atomic mass is 9.88. The number of halogens is 1. The normalized spacial score (nSPS) is 18.9. The fourth-order valence-corrected chi connectivity index (χ4v) is 3.39. The van der Waals surface area contributed by atoms with E-state index in [0.29, 0.717) is 6.61 Å². The highest BCUT2D eigenvalue weighted by Crippen LogP contribution is 2.25. The summed E-state index contributed by atoms with van der Waals surface area (Å²) >= 11 is 0. The lowest BCUT2D eigenvalue weighted by Gasteiger charge is -2.41. The van der Waals surface area contributed by atoms with Crippen LogP contribution in [-0.4, -0.2) is 58.1 Å². The van der Waals surface area contributed by atoms with E-state index in [2.05, 4.69) is 65.1 Å². The van der Waals surface area contributed by atoms with Gasteiger partial charge in [-0.05, 0) is 32.3 Å². The molecule has 154 valence electrons. The second-order valence-electron chi connectivity index (χ2n) is 7.10. The van der Waals surface area contributed by atoms with Crippen LogP contribution >= 0.6 is 24.0 Å². The molecule has 7 heteroatoms. The van der Waals surface area contributed by atoms with E-state index in [1.807, 2.05) is 0 Å². The van der Waals surface area contributed by atoms with E-state index in [1.54, 1.807) is 14.2 Å². The quantitative estimate of drug-likeness (QED) is 0.297. The van der Waals surface area contributed by atoms with Gasteiger partial charge in [0.15, 0.2) is 5.96 Å². The highest BCUT2D eigenvalue weighted by atomic mass is 127. The van der Waals surface area contributed by atoms with E-state index >= 15 is 0 Å². The van der Waals surface area contributed by atoms with Gasteiger partial charge in [0.25, 0.3) is 0 Å². The first-order chi connectivity index (χ1) is 12.6. The number of guanidine groups is 1. The van der Waals surface area contributed by atoms with Crippen molar-refractivity contribution < 1.29 is 9.47 Å². The molecule has 0 amide bonds. The molecule has 0 aliphatic carbocycles. The Morgan fingerprint density at radius 3 is 2.48 bits per heavy atom. The number of nitrogens with one attached hydrogen (secondary N) is 3. The van der Waals surface area contributed by atoms with Gasteiger partial charge in [0.05, 0.1) is 6.61 Å². The van der Waals surface area contributed by atoms with E-state index < -0.39 is 0 Å². The zero-order chi connectivity index (χ0) is 18.8. The maximum atomic E-state index is 5.61. The van der Waals surface area contributed by atoms with Gasteiger partial charge in [-0.15, -0.1) is 24.0 Å². The molecule has 1 aliphatic rings. The summed E-state index contributed by atoms with van der Waals surface area (Å²) < 4.78 is 10.8. The summed E-state index contributed by atoms with van der Waals surface area (Å²) in [6, 6.07) is 11.1. The number of benzene rings is 1. The molecule has 2 unspecified atom stereocenters. The summed E-state index contributed by atoms with van der Waals surface area (Å²) in [5.41, 5.74) is 1.28. The van der Waals surface area contributed by atoms with E-state index in [0.717, 1.165) is 38.6 Å². The van der Waals surface area contributed by atoms with Crippen LogP contribution in [-0.2, 0) is 9.47 Å². The minimum Gasteiger partial charge on any atom is -0.383 e. The van der Waals surface area contributed by atoms with Crippen LogP contribution in [0, 0.1) is 0 Å². The average molecular weight is 490 g/mol. The van der Waals surface area contributed by atoms with Gasteiger partial charge in [0.1, 0.15) is 0 Å². The Kier molecular flexibility index (Phi) is 11.2. The van der Waals surface area contributed by atoms with Crippen molar-refractivity contribution in [3.63, 3.8) is 0 Å². The molecule has 1 aliphatic heterocycles. The zero-order valence-corrected chi connectivity index (χ0v) is 19.3. The van der Waals surface area contributed by atoms with E-state index in [-0.39, 0.29) is 41.6 Å². The van der Waals surface area contributed by atoms with Crippen LogP contribution < -0.4 is 16.0 Å². The molecular formula is C20H35IN4O2. The Morgan fingerprint density at radius 1 is 1.22 bits per heavy atom. The molecule has 1 aromatic rings. The summed E-state index contributed by atoms with van der Waals surface area (Å²) in [5.74, 6) is 0.801. The topological polar surface area (TPSA) is 66.9 Å². The first kappa shape index (κ1) is 24.1. The molecule has 1 heterocycles. The van der Waals surface area contributed by atoms with Gasteiger partial charge < -0.3 is 25.4 Å². The first-order valence-corrected chi connectivity index (χ1v) is 9.45. The third-order valence-corrected chi connectivity index (χ3v) is 4.89. The monoisotopic (exact) mass is 490 g/mol. The summed E-state index contributed by atoms with van der Waals surface area (Å²) in [6.07, 6.45) is 1.95. The van der Waals surface area contributed by atoms with Crippen LogP contribution in [0.4, 0.5) is 0 Å². The van der Waals surface area contributed by atoms with Gasteiger partial charge in [-0.2, -0.15) is 0 Å². The van der Waals surface area contributed by atoms with Crippen LogP contribution in [0.15, 0.2) is 35.3 Å². The molecule has 6 nitrogen and oxygen atoms in total. The van der Waals surface area contributed by atoms with Crippen molar-refractivity contribution in [1.29, 1.82) is 0 Å². The molecule has 2 atom stereocenters. The number of ether oxygens (including phenoxy) is 2. The largest absolute Gasteiger partial charge is 0.383 e. The Balaban J connectivity index is 0.00000364. The minimum absolute atomic E-state index is 0. The molecule has 0 spiro atoms. The van der Waals surface area contributed by atoms with Crippen LogP contribution in [0.3, 0.4) is 0 Å². The van der Waals surface area contributed by atoms with E-state index in [1.165, 1.54) is 5.56 Å². The van der Waals surface area contributed by atoms with Gasteiger partial charge in [-0.3, -0.25) is 4.99 Å². The van der Waals surface area contributed by atoms with Gasteiger partial charge in [0, 0.05) is 51.5 Å². The van der Waals surface area contributed by atoms with Crippen molar-refractivity contribution in [1.82, 2.24) is 16.0 Å². The smallest absolute Gasteiger partial charge is 0.191 e. The summed E-state index contributed by atoms with van der Waals surface area (Å²) in [7, 11) is 3.51. The third-order valence-electron chi connectivity index (χ3n) is 4.89. The summed E-state index contributed by atoms with van der Waals surface area (Å²) in [5, 5.41) is 10.7. The van der Waals surface area contributed by atoms with Crippen molar-refractivity contribution in [2.75, 3.05) is 40.5 Å². The third kappa shape index (κ3) is 7.93. The van der Waals surface area contributed by atoms with E-state index in [4.69, 9.17) is 9.47 Å². The molecular weight excluding hydrogens is 455 g/mol. The number of methoxy groups -OCH3 is 1. The van der Waals surface area contributed by atoms with Crippen LogP contribution in [0.5, 0.6) is 0 Å². The zero-order valence-electron chi connectivity index (χ0n) is 17.0. The summed E-state index contributed by atoms with van der Waals surface area (Å²) in [4.78, 5) is 4.34. The SMILES string of the molecule is CN=C(NCC1(NC(C)c2ccccc2)CCOCC1)NC(C)COC.I. The van der Waals surface area contributed by atoms with Crippen LogP contribution in [0.1, 0.15) is 38.3 Å². The number of rotatable bonds is 8. The molecule has 27 heavy (non-hydrogen) atoms. The first-order valence-electron chi connectivity index (χ1n) is 9.45. The molecule has 1 aromatic carbocycles. The standard InChI is InChI=1S/C20H34N4O2.HI/c1-16(14-25-4)23-19(21-3)22-15-20(10-12-26-13-11-20)24-17(2)18-8-6-5-7-9-18;/h5-9,16-17,24H,10-15H2,1-4H3,(H2,21,22,23);1H. The predicted octanol–water partition coefficient (Wildman–Crippen LogP) is 2.70. The molecule has 1 saturated heterocycles. The van der Waals surface area contributed by atoms with Gasteiger partial charge >= 0.3 is 0 Å². The molecule has 1 fully saturated rings. The van der Waals surface area contributed by atoms with Crippen LogP contribution in [0.25, 0.3) is 0 Å². The maximum Gasteiger partial charge on any atom is 0.191 e. The van der Waals surface area contributed by atoms with Crippen molar-refractivity contribution in [2.45, 2.75) is 44.3 Å². The number of hydrogen-bond donors (Lipinski definition) is 3. The Labute approximate surface area is 180 Å². The Hall–Kier alpha value is -0.900. The highest BCUT2D eigenvalue weighted by molar-refractivity contribution is 14.0. The fourth-order valence-electron chi connectivity index (χ4n) is 3.39. The Morgan fingerprint density at radius 2 is 1.89 bits per heavy atom. The maximum absolute atomic E-state index is 5.61. The van der Waals surface area contributed by atoms with Crippen molar-refractivity contribution >= 4 is 29.9 Å². The number of aliphatic imine (C=N–C) groups is 1. The highest BCUT2D eigenvalue weighted by Gasteiger charge is 2.34. The van der Waals surface area contributed by atoms with Gasteiger partial charge in [0.2, 0.25) is 0 Å². The molecule has 2 rings (SSSR count). The lowest BCUT2D eigenvalue weighted by molar-refractivity contribution is 0.0354. The molecule has 3 N–H and O–H groups in total.